The highest BCUT2D eigenvalue weighted by molar-refractivity contribution is 6.25. The van der Waals surface area contributed by atoms with Crippen LogP contribution >= 0.6 is 0 Å². The highest BCUT2D eigenvalue weighted by Crippen LogP contribution is 2.53. The van der Waals surface area contributed by atoms with E-state index < -0.39 is 5.41 Å². The van der Waals surface area contributed by atoms with Crippen molar-refractivity contribution in [2.24, 2.45) is 0 Å². The normalized spacial score (nSPS) is 13.5. The van der Waals surface area contributed by atoms with Gasteiger partial charge in [-0.05, 0) is 45.0 Å². The fourth-order valence-electron chi connectivity index (χ4n) is 8.85. The predicted molar refractivity (Wildman–Crippen MR) is 216 cm³/mol. The van der Waals surface area contributed by atoms with Gasteiger partial charge < -0.3 is 0 Å². The van der Waals surface area contributed by atoms with Crippen LogP contribution in [0.1, 0.15) is 22.3 Å². The molecule has 3 heteroatoms. The lowest BCUT2D eigenvalue weighted by atomic mass is 9.69. The van der Waals surface area contributed by atoms with Crippen LogP contribution in [0.15, 0.2) is 182 Å². The molecule has 3 nitrogen and oxygen atoms in total. The second-order valence-electron chi connectivity index (χ2n) is 13.7. The third kappa shape index (κ3) is 3.96. The molecule has 0 unspecified atom stereocenters. The Balaban J connectivity index is 1.35. The third-order valence-corrected chi connectivity index (χ3v) is 11.0. The molecule has 8 aromatic carbocycles. The Morgan fingerprint density at radius 2 is 1.06 bits per heavy atom. The summed E-state index contributed by atoms with van der Waals surface area (Å²) in [5.74, 6) is 0.664. The maximum Gasteiger partial charge on any atom is 0.235 e. The fourth-order valence-corrected chi connectivity index (χ4v) is 8.85. The van der Waals surface area contributed by atoms with Crippen LogP contribution in [-0.4, -0.2) is 14.5 Å². The Hall–Kier alpha value is -6.84. The fraction of sp³-hybridized carbons (Fsp3) is 0.0204. The second kappa shape index (κ2) is 11.1. The molecule has 0 saturated carbocycles. The average molecular weight is 662 g/mol. The van der Waals surface area contributed by atoms with E-state index in [0.717, 1.165) is 44.0 Å². The van der Waals surface area contributed by atoms with Crippen molar-refractivity contribution in [2.75, 3.05) is 0 Å². The monoisotopic (exact) mass is 661 g/mol. The van der Waals surface area contributed by atoms with Gasteiger partial charge in [0.25, 0.3) is 0 Å². The largest absolute Gasteiger partial charge is 0.277 e. The van der Waals surface area contributed by atoms with Crippen LogP contribution in [0.5, 0.6) is 0 Å². The van der Waals surface area contributed by atoms with Crippen LogP contribution < -0.4 is 0 Å². The van der Waals surface area contributed by atoms with E-state index in [1.807, 2.05) is 0 Å². The van der Waals surface area contributed by atoms with E-state index in [0.29, 0.717) is 5.95 Å². The van der Waals surface area contributed by atoms with Crippen molar-refractivity contribution < 1.29 is 0 Å². The summed E-state index contributed by atoms with van der Waals surface area (Å²) in [4.78, 5) is 11.0. The number of allylic oxidation sites excluding steroid dienone is 1. The Morgan fingerprint density at radius 3 is 1.79 bits per heavy atom. The van der Waals surface area contributed by atoms with Gasteiger partial charge in [0, 0.05) is 32.7 Å². The summed E-state index contributed by atoms with van der Waals surface area (Å²) >= 11 is 0. The van der Waals surface area contributed by atoms with Crippen molar-refractivity contribution in [1.82, 2.24) is 14.5 Å². The van der Waals surface area contributed by atoms with Gasteiger partial charge in [-0.3, -0.25) is 4.57 Å². The van der Waals surface area contributed by atoms with E-state index in [4.69, 9.17) is 9.97 Å². The minimum Gasteiger partial charge on any atom is -0.277 e. The van der Waals surface area contributed by atoms with Crippen molar-refractivity contribution >= 4 is 60.3 Å². The molecule has 242 valence electrons. The topological polar surface area (TPSA) is 30.7 Å². The Labute approximate surface area is 300 Å². The van der Waals surface area contributed by atoms with Crippen molar-refractivity contribution in [3.05, 3.63) is 204 Å². The Bertz CT molecular complexity index is 3010. The summed E-state index contributed by atoms with van der Waals surface area (Å²) in [5, 5.41) is 8.19. The molecule has 11 rings (SSSR count). The Kier molecular flexibility index (Phi) is 6.17. The number of hydrogen-bond acceptors (Lipinski definition) is 2. The van der Waals surface area contributed by atoms with Crippen LogP contribution in [0.4, 0.5) is 0 Å². The van der Waals surface area contributed by atoms with E-state index >= 15 is 0 Å². The number of aromatic nitrogens is 3. The van der Waals surface area contributed by atoms with E-state index in [1.165, 1.54) is 43.8 Å². The van der Waals surface area contributed by atoms with E-state index in [-0.39, 0.29) is 0 Å². The number of nitrogens with zero attached hydrogens (tertiary/aromatic N) is 3. The summed E-state index contributed by atoms with van der Waals surface area (Å²) in [7, 11) is 0. The number of benzene rings is 8. The maximum absolute atomic E-state index is 5.52. The number of hydrogen-bond donors (Lipinski definition) is 0. The molecule has 10 aromatic rings. The highest BCUT2D eigenvalue weighted by atomic mass is 15.2. The first-order valence-corrected chi connectivity index (χ1v) is 17.9. The first kappa shape index (κ1) is 28.9. The average Bonchev–Trinajstić information content (AvgIpc) is 3.80. The first-order chi connectivity index (χ1) is 25.8. The summed E-state index contributed by atoms with van der Waals surface area (Å²) in [6.07, 6.45) is 4.77. The molecule has 1 aliphatic carbocycles. The molecule has 2 aromatic heterocycles. The quantitative estimate of drug-likeness (QED) is 0.176. The minimum atomic E-state index is -0.497. The molecule has 0 fully saturated rings. The standard InChI is InChI=1S/C49H31N3/c1-4-17-33(18-5-1)45-41-29-28-32-16-10-11-23-36(32)46(41)51-48(50-45)52-42-27-15-14-26-39(42)43-37-24-12-13-25-38(37)44-40(47(43)52)30-31-49(44,34-19-6-2-7-20-34)35-21-8-3-9-22-35/h1-31H. The van der Waals surface area contributed by atoms with Gasteiger partial charge in [-0.25, -0.2) is 9.97 Å². The molecule has 0 radical (unpaired) electrons. The SMILES string of the molecule is C1=CC(c2ccccc2)(c2ccccc2)c2c1c1c(c3ccccc23)c2ccccc2n1-c1nc(-c2ccccc2)c2ccc3ccccc3c2n1. The van der Waals surface area contributed by atoms with Gasteiger partial charge in [0.2, 0.25) is 5.95 Å². The second-order valence-corrected chi connectivity index (χ2v) is 13.7. The van der Waals surface area contributed by atoms with Gasteiger partial charge in [0.1, 0.15) is 0 Å². The zero-order valence-electron chi connectivity index (χ0n) is 28.2. The molecular formula is C49H31N3. The van der Waals surface area contributed by atoms with E-state index in [2.05, 4.69) is 193 Å². The molecule has 2 heterocycles. The highest BCUT2D eigenvalue weighted by Gasteiger charge is 2.42. The number of fused-ring (bicyclic) bond motifs is 11. The first-order valence-electron chi connectivity index (χ1n) is 17.9. The lowest BCUT2D eigenvalue weighted by Crippen LogP contribution is -2.25. The van der Waals surface area contributed by atoms with Crippen LogP contribution in [0.3, 0.4) is 0 Å². The summed E-state index contributed by atoms with van der Waals surface area (Å²) in [5.41, 5.74) is 9.60. The third-order valence-electron chi connectivity index (χ3n) is 11.0. The summed E-state index contributed by atoms with van der Waals surface area (Å²) in [6.45, 7) is 0. The van der Waals surface area contributed by atoms with Gasteiger partial charge in [-0.15, -0.1) is 0 Å². The number of rotatable bonds is 4. The number of para-hydroxylation sites is 1. The summed E-state index contributed by atoms with van der Waals surface area (Å²) < 4.78 is 2.33. The molecule has 0 aliphatic heterocycles. The molecule has 0 spiro atoms. The predicted octanol–water partition coefficient (Wildman–Crippen LogP) is 12.1. The zero-order valence-corrected chi connectivity index (χ0v) is 28.2. The lowest BCUT2D eigenvalue weighted by molar-refractivity contribution is 0.803. The van der Waals surface area contributed by atoms with Crippen molar-refractivity contribution in [3.8, 4) is 17.2 Å². The molecule has 1 aliphatic rings. The molecular weight excluding hydrogens is 631 g/mol. The molecule has 0 bridgehead atoms. The smallest absolute Gasteiger partial charge is 0.235 e. The van der Waals surface area contributed by atoms with Gasteiger partial charge in [-0.1, -0.05) is 176 Å². The molecule has 0 saturated heterocycles. The molecule has 0 N–H and O–H groups in total. The Morgan fingerprint density at radius 1 is 0.462 bits per heavy atom. The van der Waals surface area contributed by atoms with Gasteiger partial charge in [0.15, 0.2) is 0 Å². The van der Waals surface area contributed by atoms with Crippen molar-refractivity contribution in [2.45, 2.75) is 5.41 Å². The minimum absolute atomic E-state index is 0.497. The molecule has 0 atom stereocenters. The zero-order chi connectivity index (χ0) is 34.2. The lowest BCUT2D eigenvalue weighted by Gasteiger charge is -2.32. The molecule has 52 heavy (non-hydrogen) atoms. The molecule has 0 amide bonds. The van der Waals surface area contributed by atoms with Crippen LogP contribution in [0.25, 0.3) is 77.5 Å². The summed E-state index contributed by atoms with van der Waals surface area (Å²) in [6, 6.07) is 63.0. The van der Waals surface area contributed by atoms with Gasteiger partial charge in [-0.2, -0.15) is 0 Å². The van der Waals surface area contributed by atoms with E-state index in [1.54, 1.807) is 0 Å². The van der Waals surface area contributed by atoms with Crippen LogP contribution in [0.2, 0.25) is 0 Å². The van der Waals surface area contributed by atoms with Gasteiger partial charge >= 0.3 is 0 Å². The van der Waals surface area contributed by atoms with Crippen molar-refractivity contribution in [1.29, 1.82) is 0 Å². The maximum atomic E-state index is 5.52. The van der Waals surface area contributed by atoms with E-state index in [9.17, 15) is 0 Å². The van der Waals surface area contributed by atoms with Crippen molar-refractivity contribution in [3.63, 3.8) is 0 Å². The van der Waals surface area contributed by atoms with Crippen LogP contribution in [-0.2, 0) is 5.41 Å². The van der Waals surface area contributed by atoms with Gasteiger partial charge in [0.05, 0.1) is 27.7 Å². The van der Waals surface area contributed by atoms with Crippen LogP contribution in [0, 0.1) is 0 Å².